The van der Waals surface area contributed by atoms with Crippen LogP contribution in [0.3, 0.4) is 0 Å². The molecule has 0 aliphatic carbocycles. The zero-order valence-electron chi connectivity index (χ0n) is 13.1. The summed E-state index contributed by atoms with van der Waals surface area (Å²) in [6.07, 6.45) is 1.53. The minimum Gasteiger partial charge on any atom is -0.356 e. The molecule has 1 saturated heterocycles. The molecular weight excluding hydrogens is 319 g/mol. The lowest BCUT2D eigenvalue weighted by Crippen LogP contribution is -2.40. The molecule has 0 radical (unpaired) electrons. The van der Waals surface area contributed by atoms with Crippen LogP contribution in [0.1, 0.15) is 12.8 Å². The monoisotopic (exact) mass is 336 g/mol. The third kappa shape index (κ3) is 3.22. The normalized spacial score (nSPS) is 15.9. The van der Waals surface area contributed by atoms with E-state index in [2.05, 4.69) is 14.9 Å². The highest BCUT2D eigenvalue weighted by atomic mass is 35.5. The maximum absolute atomic E-state index is 13.4. The molecule has 1 aliphatic heterocycles. The Labute approximate surface area is 139 Å². The molecule has 7 heteroatoms. The highest BCUT2D eigenvalue weighted by Gasteiger charge is 2.27. The fraction of sp³-hybridized carbons (Fsp3) is 0.438. The van der Waals surface area contributed by atoms with Crippen molar-refractivity contribution >= 4 is 34.2 Å². The Hall–Kier alpha value is -1.95. The van der Waals surface area contributed by atoms with E-state index in [0.717, 1.165) is 18.2 Å². The summed E-state index contributed by atoms with van der Waals surface area (Å²) < 4.78 is 13.4. The maximum Gasteiger partial charge on any atom is 0.225 e. The van der Waals surface area contributed by atoms with Crippen molar-refractivity contribution in [2.24, 2.45) is 5.92 Å². The molecule has 2 heterocycles. The molecule has 0 N–H and O–H groups in total. The molecule has 23 heavy (non-hydrogen) atoms. The van der Waals surface area contributed by atoms with Crippen molar-refractivity contribution in [3.05, 3.63) is 29.3 Å². The maximum atomic E-state index is 13.4. The van der Waals surface area contributed by atoms with Crippen molar-refractivity contribution in [1.29, 1.82) is 0 Å². The number of hydrogen-bond acceptors (Lipinski definition) is 4. The summed E-state index contributed by atoms with van der Waals surface area (Å²) in [5, 5.41) is 0.873. The number of nitrogens with zero attached hydrogens (tertiary/aromatic N) is 4. The predicted molar refractivity (Wildman–Crippen MR) is 88.1 cm³/mol. The molecule has 0 atom stereocenters. The molecular formula is C16H18ClFN4O. The van der Waals surface area contributed by atoms with Crippen LogP contribution in [-0.2, 0) is 4.79 Å². The van der Waals surface area contributed by atoms with Crippen molar-refractivity contribution in [2.45, 2.75) is 12.8 Å². The third-order valence-electron chi connectivity index (χ3n) is 4.20. The first kappa shape index (κ1) is 15.9. The minimum atomic E-state index is -0.353. The number of fused-ring (bicyclic) bond motifs is 1. The van der Waals surface area contributed by atoms with E-state index in [0.29, 0.717) is 24.4 Å². The number of benzene rings is 1. The van der Waals surface area contributed by atoms with Crippen molar-refractivity contribution in [3.63, 3.8) is 0 Å². The number of anilines is 1. The number of piperidine rings is 1. The molecule has 1 aromatic carbocycles. The SMILES string of the molecule is CN(C)C(=O)C1CCN(c2nc(Cl)nc3cc(F)ccc23)CC1. The summed E-state index contributed by atoms with van der Waals surface area (Å²) in [6, 6.07) is 4.42. The molecule has 2 aromatic rings. The number of hydrogen-bond donors (Lipinski definition) is 0. The third-order valence-corrected chi connectivity index (χ3v) is 4.37. The first-order valence-electron chi connectivity index (χ1n) is 7.54. The van der Waals surface area contributed by atoms with Gasteiger partial charge in [0, 0.05) is 44.6 Å². The van der Waals surface area contributed by atoms with Gasteiger partial charge in [-0.1, -0.05) is 0 Å². The smallest absolute Gasteiger partial charge is 0.225 e. The van der Waals surface area contributed by atoms with Crippen LogP contribution in [0.15, 0.2) is 18.2 Å². The topological polar surface area (TPSA) is 49.3 Å². The molecule has 0 spiro atoms. The number of rotatable bonds is 2. The predicted octanol–water partition coefficient (Wildman–Crippen LogP) is 2.73. The zero-order valence-corrected chi connectivity index (χ0v) is 13.8. The van der Waals surface area contributed by atoms with Gasteiger partial charge < -0.3 is 9.80 Å². The average Bonchev–Trinajstić information content (AvgIpc) is 2.53. The summed E-state index contributed by atoms with van der Waals surface area (Å²) in [5.41, 5.74) is 0.492. The second-order valence-electron chi connectivity index (χ2n) is 5.97. The standard InChI is InChI=1S/C16H18ClFN4O/c1-21(2)15(23)10-5-7-22(8-6-10)14-12-4-3-11(18)9-13(12)19-16(17)20-14/h3-4,9-10H,5-8H2,1-2H3. The van der Waals surface area contributed by atoms with E-state index in [1.165, 1.54) is 12.1 Å². The first-order valence-corrected chi connectivity index (χ1v) is 7.92. The van der Waals surface area contributed by atoms with Gasteiger partial charge >= 0.3 is 0 Å². The van der Waals surface area contributed by atoms with E-state index in [4.69, 9.17) is 11.6 Å². The highest BCUT2D eigenvalue weighted by Crippen LogP contribution is 2.29. The number of carbonyl (C=O) groups excluding carboxylic acids is 1. The van der Waals surface area contributed by atoms with Crippen molar-refractivity contribution in [1.82, 2.24) is 14.9 Å². The van der Waals surface area contributed by atoms with E-state index in [1.807, 2.05) is 0 Å². The lowest BCUT2D eigenvalue weighted by molar-refractivity contribution is -0.133. The van der Waals surface area contributed by atoms with Gasteiger partial charge in [0.2, 0.25) is 11.2 Å². The van der Waals surface area contributed by atoms with Crippen LogP contribution in [0.25, 0.3) is 10.9 Å². The van der Waals surface area contributed by atoms with Gasteiger partial charge in [-0.15, -0.1) is 0 Å². The lowest BCUT2D eigenvalue weighted by atomic mass is 9.95. The second kappa shape index (κ2) is 6.28. The van der Waals surface area contributed by atoms with E-state index in [-0.39, 0.29) is 22.9 Å². The van der Waals surface area contributed by atoms with Crippen LogP contribution in [0, 0.1) is 11.7 Å². The largest absolute Gasteiger partial charge is 0.356 e. The molecule has 3 rings (SSSR count). The summed E-state index contributed by atoms with van der Waals surface area (Å²) in [7, 11) is 3.56. The molecule has 1 fully saturated rings. The van der Waals surface area contributed by atoms with Gasteiger partial charge in [0.1, 0.15) is 11.6 Å². The summed E-state index contributed by atoms with van der Waals surface area (Å²) in [5.74, 6) is 0.559. The first-order chi connectivity index (χ1) is 11.0. The molecule has 1 aliphatic rings. The second-order valence-corrected chi connectivity index (χ2v) is 6.31. The Morgan fingerprint density at radius 2 is 2.00 bits per heavy atom. The Balaban J connectivity index is 1.86. The van der Waals surface area contributed by atoms with E-state index in [9.17, 15) is 9.18 Å². The van der Waals surface area contributed by atoms with Gasteiger partial charge in [-0.05, 0) is 36.6 Å². The van der Waals surface area contributed by atoms with Crippen molar-refractivity contribution in [2.75, 3.05) is 32.1 Å². The molecule has 1 amide bonds. The van der Waals surface area contributed by atoms with Gasteiger partial charge in [0.25, 0.3) is 0 Å². The van der Waals surface area contributed by atoms with Crippen LogP contribution in [0.2, 0.25) is 5.28 Å². The number of halogens is 2. The van der Waals surface area contributed by atoms with Crippen molar-refractivity contribution in [3.8, 4) is 0 Å². The summed E-state index contributed by atoms with van der Waals surface area (Å²) in [4.78, 5) is 24.2. The Kier molecular flexibility index (Phi) is 4.35. The van der Waals surface area contributed by atoms with Crippen molar-refractivity contribution < 1.29 is 9.18 Å². The zero-order chi connectivity index (χ0) is 16.6. The molecule has 0 bridgehead atoms. The summed E-state index contributed by atoms with van der Waals surface area (Å²) in [6.45, 7) is 1.42. The van der Waals surface area contributed by atoms with E-state index >= 15 is 0 Å². The molecule has 5 nitrogen and oxygen atoms in total. The Morgan fingerprint density at radius 1 is 1.30 bits per heavy atom. The lowest BCUT2D eigenvalue weighted by Gasteiger charge is -2.33. The summed E-state index contributed by atoms with van der Waals surface area (Å²) >= 11 is 5.98. The van der Waals surface area contributed by atoms with Gasteiger partial charge in [-0.25, -0.2) is 9.37 Å². The number of aromatic nitrogens is 2. The van der Waals surface area contributed by atoms with Gasteiger partial charge in [-0.2, -0.15) is 4.98 Å². The number of carbonyl (C=O) groups is 1. The average molecular weight is 337 g/mol. The Bertz CT molecular complexity index is 739. The van der Waals surface area contributed by atoms with Crippen LogP contribution < -0.4 is 4.90 Å². The molecule has 0 unspecified atom stereocenters. The fourth-order valence-corrected chi connectivity index (χ4v) is 3.17. The van der Waals surface area contributed by atoms with E-state index < -0.39 is 0 Å². The van der Waals surface area contributed by atoms with Gasteiger partial charge in [0.05, 0.1) is 5.52 Å². The van der Waals surface area contributed by atoms with Gasteiger partial charge in [-0.3, -0.25) is 4.79 Å². The Morgan fingerprint density at radius 3 is 2.65 bits per heavy atom. The van der Waals surface area contributed by atoms with Crippen LogP contribution >= 0.6 is 11.6 Å². The van der Waals surface area contributed by atoms with Gasteiger partial charge in [0.15, 0.2) is 0 Å². The van der Waals surface area contributed by atoms with E-state index in [1.54, 1.807) is 25.1 Å². The van der Waals surface area contributed by atoms with Crippen LogP contribution in [0.4, 0.5) is 10.2 Å². The molecule has 0 saturated carbocycles. The number of amides is 1. The quantitative estimate of drug-likeness (QED) is 0.791. The minimum absolute atomic E-state index is 0.0438. The molecule has 122 valence electrons. The highest BCUT2D eigenvalue weighted by molar-refractivity contribution is 6.28. The molecule has 1 aromatic heterocycles. The van der Waals surface area contributed by atoms with Crippen LogP contribution in [-0.4, -0.2) is 48.0 Å². The van der Waals surface area contributed by atoms with Crippen LogP contribution in [0.5, 0.6) is 0 Å². The fourth-order valence-electron chi connectivity index (χ4n) is 3.00.